The summed E-state index contributed by atoms with van der Waals surface area (Å²) in [6, 6.07) is 2.59. The molecule has 2 aromatic heterocycles. The van der Waals surface area contributed by atoms with Crippen LogP contribution < -0.4 is 0 Å². The van der Waals surface area contributed by atoms with E-state index in [1.165, 1.54) is 6.07 Å². The number of halogens is 3. The molecule has 0 spiro atoms. The van der Waals surface area contributed by atoms with Crippen molar-refractivity contribution in [3.63, 3.8) is 0 Å². The Kier molecular flexibility index (Phi) is 2.53. The van der Waals surface area contributed by atoms with Crippen LogP contribution in [0.4, 0.5) is 13.2 Å². The lowest BCUT2D eigenvalue weighted by molar-refractivity contribution is -0.134. The van der Waals surface area contributed by atoms with Crippen molar-refractivity contribution in [1.29, 1.82) is 0 Å². The molecule has 2 rings (SSSR count). The van der Waals surface area contributed by atoms with Crippen molar-refractivity contribution in [3.05, 3.63) is 28.9 Å². The Labute approximate surface area is 94.3 Å². The third kappa shape index (κ3) is 1.97. The van der Waals surface area contributed by atoms with Crippen LogP contribution in [0.5, 0.6) is 0 Å². The number of hydrogen-bond donors (Lipinski definition) is 0. The van der Waals surface area contributed by atoms with Gasteiger partial charge in [-0.25, -0.2) is 0 Å². The van der Waals surface area contributed by atoms with Gasteiger partial charge in [-0.2, -0.15) is 18.3 Å². The van der Waals surface area contributed by atoms with E-state index in [2.05, 4.69) is 5.10 Å². The van der Waals surface area contributed by atoms with Gasteiger partial charge in [0, 0.05) is 23.7 Å². The second-order valence-electron chi connectivity index (χ2n) is 3.46. The van der Waals surface area contributed by atoms with Gasteiger partial charge in [0.1, 0.15) is 4.88 Å². The third-order valence-electron chi connectivity index (χ3n) is 2.16. The number of aromatic nitrogens is 2. The van der Waals surface area contributed by atoms with Crippen LogP contribution in [0.15, 0.2) is 18.3 Å². The second kappa shape index (κ2) is 3.62. The molecule has 0 N–H and O–H groups in total. The van der Waals surface area contributed by atoms with E-state index in [1.807, 2.05) is 0 Å². The molecule has 0 aliphatic heterocycles. The van der Waals surface area contributed by atoms with Crippen molar-refractivity contribution in [3.8, 4) is 10.4 Å². The minimum absolute atomic E-state index is 0.578. The summed E-state index contributed by atoms with van der Waals surface area (Å²) in [5.41, 5.74) is 1.49. The molecule has 2 nitrogen and oxygen atoms in total. The maximum atomic E-state index is 12.4. The van der Waals surface area contributed by atoms with Gasteiger partial charge >= 0.3 is 6.18 Å². The Hall–Kier alpha value is -1.30. The van der Waals surface area contributed by atoms with Crippen LogP contribution in [-0.2, 0) is 13.2 Å². The predicted octanol–water partition coefficient (Wildman–Crippen LogP) is 3.48. The fraction of sp³-hybridized carbons (Fsp3) is 0.300. The largest absolute Gasteiger partial charge is 0.425 e. The standard InChI is InChI=1S/C10H9F3N2S/c1-6-7(5-15(2)14-6)8-3-4-9(16-8)10(11,12)13/h3-5H,1-2H3. The van der Waals surface area contributed by atoms with E-state index in [0.29, 0.717) is 4.88 Å². The van der Waals surface area contributed by atoms with Gasteiger partial charge in [0.25, 0.3) is 0 Å². The van der Waals surface area contributed by atoms with E-state index in [0.717, 1.165) is 28.7 Å². The molecule has 0 saturated carbocycles. The molecule has 86 valence electrons. The maximum absolute atomic E-state index is 12.4. The molecular weight excluding hydrogens is 237 g/mol. The highest BCUT2D eigenvalue weighted by molar-refractivity contribution is 7.15. The lowest BCUT2D eigenvalue weighted by Crippen LogP contribution is -2.00. The van der Waals surface area contributed by atoms with Crippen molar-refractivity contribution < 1.29 is 13.2 Å². The first kappa shape index (κ1) is 11.2. The summed E-state index contributed by atoms with van der Waals surface area (Å²) >= 11 is 0.742. The molecule has 0 saturated heterocycles. The number of aryl methyl sites for hydroxylation is 2. The molecule has 0 atom stereocenters. The number of nitrogens with zero attached hydrogens (tertiary/aromatic N) is 2. The van der Waals surface area contributed by atoms with Crippen LogP contribution in [0.1, 0.15) is 10.6 Å². The van der Waals surface area contributed by atoms with Crippen LogP contribution in [-0.4, -0.2) is 9.78 Å². The van der Waals surface area contributed by atoms with Gasteiger partial charge in [0.05, 0.1) is 5.69 Å². The number of thiophene rings is 1. The zero-order chi connectivity index (χ0) is 11.9. The molecule has 2 aromatic rings. The van der Waals surface area contributed by atoms with Gasteiger partial charge in [-0.3, -0.25) is 4.68 Å². The maximum Gasteiger partial charge on any atom is 0.425 e. The molecule has 0 radical (unpaired) electrons. The summed E-state index contributed by atoms with van der Waals surface area (Å²) in [7, 11) is 1.74. The van der Waals surface area contributed by atoms with Gasteiger partial charge in [-0.1, -0.05) is 0 Å². The fourth-order valence-corrected chi connectivity index (χ4v) is 2.41. The minimum Gasteiger partial charge on any atom is -0.275 e. The molecule has 16 heavy (non-hydrogen) atoms. The van der Waals surface area contributed by atoms with Crippen molar-refractivity contribution in [2.75, 3.05) is 0 Å². The minimum atomic E-state index is -4.26. The number of hydrogen-bond acceptors (Lipinski definition) is 2. The zero-order valence-electron chi connectivity index (χ0n) is 8.67. The Morgan fingerprint density at radius 1 is 1.31 bits per heavy atom. The van der Waals surface area contributed by atoms with Crippen LogP contribution in [0.25, 0.3) is 10.4 Å². The molecule has 0 bridgehead atoms. The predicted molar refractivity (Wildman–Crippen MR) is 56.3 cm³/mol. The van der Waals surface area contributed by atoms with Crippen molar-refractivity contribution in [2.24, 2.45) is 7.05 Å². The Balaban J connectivity index is 2.43. The van der Waals surface area contributed by atoms with Crippen LogP contribution in [0, 0.1) is 6.92 Å². The SMILES string of the molecule is Cc1nn(C)cc1-c1ccc(C(F)(F)F)s1. The molecule has 0 aromatic carbocycles. The van der Waals surface area contributed by atoms with Gasteiger partial charge in [-0.05, 0) is 19.1 Å². The highest BCUT2D eigenvalue weighted by atomic mass is 32.1. The normalized spacial score (nSPS) is 12.1. The van der Waals surface area contributed by atoms with Gasteiger partial charge < -0.3 is 0 Å². The van der Waals surface area contributed by atoms with Crippen LogP contribution >= 0.6 is 11.3 Å². The monoisotopic (exact) mass is 246 g/mol. The average Bonchev–Trinajstić information content (AvgIpc) is 2.70. The van der Waals surface area contributed by atoms with E-state index in [-0.39, 0.29) is 0 Å². The first-order valence-electron chi connectivity index (χ1n) is 4.55. The topological polar surface area (TPSA) is 17.8 Å². The van der Waals surface area contributed by atoms with Gasteiger partial charge in [-0.15, -0.1) is 11.3 Å². The molecule has 0 fully saturated rings. The molecule has 0 aliphatic rings. The van der Waals surface area contributed by atoms with Gasteiger partial charge in [0.15, 0.2) is 0 Å². The van der Waals surface area contributed by atoms with E-state index >= 15 is 0 Å². The summed E-state index contributed by atoms with van der Waals surface area (Å²) in [5.74, 6) is 0. The van der Waals surface area contributed by atoms with Crippen LogP contribution in [0.3, 0.4) is 0 Å². The smallest absolute Gasteiger partial charge is 0.275 e. The molecule has 0 aliphatic carbocycles. The van der Waals surface area contributed by atoms with E-state index in [1.54, 1.807) is 24.9 Å². The number of rotatable bonds is 1. The number of alkyl halides is 3. The summed E-state index contributed by atoms with van der Waals surface area (Å²) < 4.78 is 38.8. The Morgan fingerprint density at radius 3 is 2.44 bits per heavy atom. The Bertz CT molecular complexity index is 510. The van der Waals surface area contributed by atoms with Gasteiger partial charge in [0.2, 0.25) is 0 Å². The first-order valence-corrected chi connectivity index (χ1v) is 5.37. The van der Waals surface area contributed by atoms with E-state index < -0.39 is 11.1 Å². The lowest BCUT2D eigenvalue weighted by atomic mass is 10.2. The van der Waals surface area contributed by atoms with E-state index in [9.17, 15) is 13.2 Å². The average molecular weight is 246 g/mol. The van der Waals surface area contributed by atoms with Crippen LogP contribution in [0.2, 0.25) is 0 Å². The second-order valence-corrected chi connectivity index (χ2v) is 4.55. The van der Waals surface area contributed by atoms with E-state index in [4.69, 9.17) is 0 Å². The highest BCUT2D eigenvalue weighted by Gasteiger charge is 2.32. The summed E-state index contributed by atoms with van der Waals surface area (Å²) in [4.78, 5) is 0.0173. The first-order chi connectivity index (χ1) is 7.38. The molecule has 0 unspecified atom stereocenters. The molecular formula is C10H9F3N2S. The lowest BCUT2D eigenvalue weighted by Gasteiger charge is -2.00. The molecule has 2 heterocycles. The highest BCUT2D eigenvalue weighted by Crippen LogP contribution is 2.38. The summed E-state index contributed by atoms with van der Waals surface area (Å²) in [6.45, 7) is 1.78. The zero-order valence-corrected chi connectivity index (χ0v) is 9.49. The quantitative estimate of drug-likeness (QED) is 0.753. The van der Waals surface area contributed by atoms with Crippen molar-refractivity contribution in [2.45, 2.75) is 13.1 Å². The van der Waals surface area contributed by atoms with Crippen molar-refractivity contribution >= 4 is 11.3 Å². The fourth-order valence-electron chi connectivity index (χ4n) is 1.48. The summed E-state index contributed by atoms with van der Waals surface area (Å²) in [6.07, 6.45) is -2.54. The summed E-state index contributed by atoms with van der Waals surface area (Å²) in [5, 5.41) is 4.10. The molecule has 6 heteroatoms. The third-order valence-corrected chi connectivity index (χ3v) is 3.33. The Morgan fingerprint density at radius 2 is 2.00 bits per heavy atom. The molecule has 0 amide bonds. The van der Waals surface area contributed by atoms with Crippen molar-refractivity contribution in [1.82, 2.24) is 9.78 Å².